The van der Waals surface area contributed by atoms with E-state index in [9.17, 15) is 4.39 Å². The number of morpholine rings is 1. The minimum absolute atomic E-state index is 0.0679. The lowest BCUT2D eigenvalue weighted by molar-refractivity contribution is -0.0564. The Morgan fingerprint density at radius 3 is 2.86 bits per heavy atom. The minimum Gasteiger partial charge on any atom is -0.491 e. The fourth-order valence-electron chi connectivity index (χ4n) is 2.32. The minimum atomic E-state index is -1.72. The number of benzene rings is 1. The second kappa shape index (κ2) is 7.22. The molecular weight excluding hydrogens is 276 g/mol. The molecule has 1 saturated heterocycles. The molecular formula is C14H21BFNO4. The maximum absolute atomic E-state index is 13.4. The molecule has 1 atom stereocenters. The van der Waals surface area contributed by atoms with E-state index in [-0.39, 0.29) is 17.3 Å². The zero-order valence-corrected chi connectivity index (χ0v) is 12.3. The van der Waals surface area contributed by atoms with Crippen LogP contribution in [0.4, 0.5) is 4.39 Å². The van der Waals surface area contributed by atoms with Crippen molar-refractivity contribution in [2.45, 2.75) is 26.0 Å². The molecule has 1 aliphatic heterocycles. The lowest BCUT2D eigenvalue weighted by atomic mass is 9.80. The number of ether oxygens (including phenoxy) is 2. The second-order valence-electron chi connectivity index (χ2n) is 5.49. The van der Waals surface area contributed by atoms with Crippen molar-refractivity contribution in [2.75, 3.05) is 26.3 Å². The van der Waals surface area contributed by atoms with Crippen molar-refractivity contribution < 1.29 is 23.9 Å². The summed E-state index contributed by atoms with van der Waals surface area (Å²) in [5.74, 6) is -0.299. The van der Waals surface area contributed by atoms with E-state index in [1.807, 2.05) is 0 Å². The van der Waals surface area contributed by atoms with Crippen LogP contribution in [0.25, 0.3) is 0 Å². The first-order valence-electron chi connectivity index (χ1n) is 7.11. The fourth-order valence-corrected chi connectivity index (χ4v) is 2.32. The summed E-state index contributed by atoms with van der Waals surface area (Å²) in [6, 6.07) is 4.14. The molecule has 1 aromatic carbocycles. The van der Waals surface area contributed by atoms with E-state index in [4.69, 9.17) is 19.5 Å². The molecule has 21 heavy (non-hydrogen) atoms. The van der Waals surface area contributed by atoms with Crippen LogP contribution in [0.2, 0.25) is 0 Å². The number of hydrogen-bond donors (Lipinski definition) is 2. The number of hydrogen-bond acceptors (Lipinski definition) is 5. The molecule has 2 N–H and O–H groups in total. The van der Waals surface area contributed by atoms with Crippen molar-refractivity contribution >= 4 is 12.6 Å². The van der Waals surface area contributed by atoms with E-state index in [0.717, 1.165) is 19.2 Å². The molecule has 0 amide bonds. The van der Waals surface area contributed by atoms with E-state index < -0.39 is 12.9 Å². The molecule has 0 radical (unpaired) electrons. The Labute approximate surface area is 124 Å². The third-order valence-corrected chi connectivity index (χ3v) is 3.53. The fraction of sp³-hybridized carbons (Fsp3) is 0.571. The second-order valence-corrected chi connectivity index (χ2v) is 5.49. The van der Waals surface area contributed by atoms with Gasteiger partial charge in [-0.15, -0.1) is 0 Å². The summed E-state index contributed by atoms with van der Waals surface area (Å²) in [6.07, 6.45) is -0.0769. The first kappa shape index (κ1) is 16.2. The molecule has 0 saturated carbocycles. The van der Waals surface area contributed by atoms with Gasteiger partial charge < -0.3 is 19.5 Å². The Balaban J connectivity index is 1.93. The van der Waals surface area contributed by atoms with Gasteiger partial charge in [0.1, 0.15) is 24.3 Å². The summed E-state index contributed by atoms with van der Waals surface area (Å²) in [5.41, 5.74) is 0.0679. The largest absolute Gasteiger partial charge is 0.491 e. The Morgan fingerprint density at radius 1 is 1.43 bits per heavy atom. The standard InChI is InChI=1S/C14H21BFNO4/c1-10(2)17-3-4-20-14(8-17)9-21-13-6-11(15(18)19)5-12(16)7-13/h5-7,10,14,18-19H,3-4,8-9H2,1-2H3. The van der Waals surface area contributed by atoms with Crippen molar-refractivity contribution in [3.8, 4) is 5.75 Å². The Morgan fingerprint density at radius 2 is 2.19 bits per heavy atom. The molecule has 1 aliphatic rings. The van der Waals surface area contributed by atoms with Gasteiger partial charge in [-0.1, -0.05) is 0 Å². The number of halogens is 1. The zero-order valence-electron chi connectivity index (χ0n) is 12.3. The normalized spacial score (nSPS) is 19.8. The highest BCUT2D eigenvalue weighted by Gasteiger charge is 2.23. The van der Waals surface area contributed by atoms with Gasteiger partial charge in [-0.2, -0.15) is 0 Å². The van der Waals surface area contributed by atoms with Crippen molar-refractivity contribution in [2.24, 2.45) is 0 Å². The highest BCUT2D eigenvalue weighted by Crippen LogP contribution is 2.14. The van der Waals surface area contributed by atoms with Crippen LogP contribution in [0, 0.1) is 5.82 Å². The molecule has 1 fully saturated rings. The van der Waals surface area contributed by atoms with Gasteiger partial charge in [0.05, 0.1) is 6.61 Å². The van der Waals surface area contributed by atoms with Gasteiger partial charge in [0.2, 0.25) is 0 Å². The van der Waals surface area contributed by atoms with Crippen LogP contribution >= 0.6 is 0 Å². The van der Waals surface area contributed by atoms with Gasteiger partial charge in [-0.25, -0.2) is 4.39 Å². The quantitative estimate of drug-likeness (QED) is 0.749. The van der Waals surface area contributed by atoms with Crippen LogP contribution in [0.1, 0.15) is 13.8 Å². The molecule has 1 heterocycles. The maximum atomic E-state index is 13.4. The molecule has 1 unspecified atom stereocenters. The van der Waals surface area contributed by atoms with Crippen LogP contribution in [-0.4, -0.2) is 60.5 Å². The molecule has 0 spiro atoms. The third-order valence-electron chi connectivity index (χ3n) is 3.53. The van der Waals surface area contributed by atoms with Crippen LogP contribution in [0.3, 0.4) is 0 Å². The molecule has 1 aromatic rings. The maximum Gasteiger partial charge on any atom is 0.488 e. The summed E-state index contributed by atoms with van der Waals surface area (Å²) in [5, 5.41) is 18.2. The van der Waals surface area contributed by atoms with Crippen molar-refractivity contribution in [1.29, 1.82) is 0 Å². The summed E-state index contributed by atoms with van der Waals surface area (Å²) < 4.78 is 24.5. The van der Waals surface area contributed by atoms with Crippen LogP contribution in [0.15, 0.2) is 18.2 Å². The summed E-state index contributed by atoms with van der Waals surface area (Å²) >= 11 is 0. The zero-order chi connectivity index (χ0) is 15.4. The van der Waals surface area contributed by atoms with Crippen LogP contribution in [0.5, 0.6) is 5.75 Å². The number of rotatable bonds is 5. The summed E-state index contributed by atoms with van der Waals surface area (Å²) in [7, 11) is -1.72. The van der Waals surface area contributed by atoms with Gasteiger partial charge >= 0.3 is 7.12 Å². The van der Waals surface area contributed by atoms with Gasteiger partial charge in [0, 0.05) is 25.2 Å². The first-order chi connectivity index (χ1) is 9.95. The molecule has 0 aromatic heterocycles. The van der Waals surface area contributed by atoms with E-state index in [0.29, 0.717) is 19.3 Å². The number of nitrogens with zero attached hydrogens (tertiary/aromatic N) is 1. The van der Waals surface area contributed by atoms with E-state index in [1.165, 1.54) is 12.1 Å². The van der Waals surface area contributed by atoms with E-state index >= 15 is 0 Å². The summed E-state index contributed by atoms with van der Waals surface area (Å²) in [4.78, 5) is 2.30. The molecule has 0 bridgehead atoms. The predicted molar refractivity (Wildman–Crippen MR) is 78.2 cm³/mol. The predicted octanol–water partition coefficient (Wildman–Crippen LogP) is -0.00650. The Bertz CT molecular complexity index is 472. The highest BCUT2D eigenvalue weighted by molar-refractivity contribution is 6.58. The van der Waals surface area contributed by atoms with Gasteiger partial charge in [-0.05, 0) is 31.4 Å². The smallest absolute Gasteiger partial charge is 0.488 e. The lowest BCUT2D eigenvalue weighted by Crippen LogP contribution is -2.47. The topological polar surface area (TPSA) is 62.2 Å². The van der Waals surface area contributed by atoms with Gasteiger partial charge in [-0.3, -0.25) is 4.90 Å². The van der Waals surface area contributed by atoms with Crippen LogP contribution < -0.4 is 10.2 Å². The van der Waals surface area contributed by atoms with E-state index in [1.54, 1.807) is 0 Å². The average molecular weight is 297 g/mol. The van der Waals surface area contributed by atoms with Crippen molar-refractivity contribution in [1.82, 2.24) is 4.90 Å². The molecule has 5 nitrogen and oxygen atoms in total. The van der Waals surface area contributed by atoms with Gasteiger partial charge in [0.25, 0.3) is 0 Å². The molecule has 2 rings (SSSR count). The van der Waals surface area contributed by atoms with Gasteiger partial charge in [0.15, 0.2) is 0 Å². The molecule has 7 heteroatoms. The van der Waals surface area contributed by atoms with Crippen molar-refractivity contribution in [3.63, 3.8) is 0 Å². The Hall–Kier alpha value is -1.15. The highest BCUT2D eigenvalue weighted by atomic mass is 19.1. The molecule has 116 valence electrons. The van der Waals surface area contributed by atoms with E-state index in [2.05, 4.69) is 18.7 Å². The summed E-state index contributed by atoms with van der Waals surface area (Å²) in [6.45, 7) is 6.87. The Kier molecular flexibility index (Phi) is 5.58. The lowest BCUT2D eigenvalue weighted by Gasteiger charge is -2.35. The molecule has 0 aliphatic carbocycles. The SMILES string of the molecule is CC(C)N1CCOC(COc2cc(F)cc(B(O)O)c2)C1. The van der Waals surface area contributed by atoms with Crippen molar-refractivity contribution in [3.05, 3.63) is 24.0 Å². The third kappa shape index (κ3) is 4.67. The van der Waals surface area contributed by atoms with Crippen LogP contribution in [-0.2, 0) is 4.74 Å². The first-order valence-corrected chi connectivity index (χ1v) is 7.11. The average Bonchev–Trinajstić information content (AvgIpc) is 2.45. The monoisotopic (exact) mass is 297 g/mol.